The van der Waals surface area contributed by atoms with E-state index in [0.717, 1.165) is 5.01 Å². The van der Waals surface area contributed by atoms with Gasteiger partial charge in [0.15, 0.2) is 0 Å². The Hall–Kier alpha value is -1.81. The number of sulfonamides is 1. The number of aromatic nitrogens is 1. The molecule has 26 heavy (non-hydrogen) atoms. The molecule has 0 aliphatic carbocycles. The summed E-state index contributed by atoms with van der Waals surface area (Å²) in [6.45, 7) is 5.88. The van der Waals surface area contributed by atoms with Gasteiger partial charge in [0, 0.05) is 23.9 Å². The Bertz CT molecular complexity index is 870. The third-order valence-electron chi connectivity index (χ3n) is 3.28. The standard InChI is InChI=1S/C17H24N4O3S2/c1-17(2,3)21-26(23,24)14-7-5-4-6-12(14)10-19-16(22)13-11-25-15(20-13)8-9-18/h4-7,11,21H,8-10,18H2,1-3H3,(H,19,22). The van der Waals surface area contributed by atoms with Crippen molar-refractivity contribution in [2.75, 3.05) is 6.54 Å². The summed E-state index contributed by atoms with van der Waals surface area (Å²) in [5.41, 5.74) is 5.70. The quantitative estimate of drug-likeness (QED) is 0.658. The van der Waals surface area contributed by atoms with Crippen molar-refractivity contribution in [1.29, 1.82) is 0 Å². The molecule has 2 rings (SSSR count). The van der Waals surface area contributed by atoms with Gasteiger partial charge < -0.3 is 11.1 Å². The summed E-state index contributed by atoms with van der Waals surface area (Å²) < 4.78 is 27.9. The zero-order valence-electron chi connectivity index (χ0n) is 15.1. The summed E-state index contributed by atoms with van der Waals surface area (Å²) in [4.78, 5) is 16.6. The molecular weight excluding hydrogens is 372 g/mol. The smallest absolute Gasteiger partial charge is 0.271 e. The van der Waals surface area contributed by atoms with Crippen molar-refractivity contribution in [2.24, 2.45) is 5.73 Å². The van der Waals surface area contributed by atoms with Crippen LogP contribution in [0.25, 0.3) is 0 Å². The molecule has 2 aromatic rings. The van der Waals surface area contributed by atoms with E-state index < -0.39 is 15.6 Å². The van der Waals surface area contributed by atoms with Gasteiger partial charge in [-0.2, -0.15) is 0 Å². The second-order valence-electron chi connectivity index (χ2n) is 6.81. The molecule has 0 unspecified atom stereocenters. The van der Waals surface area contributed by atoms with Crippen LogP contribution in [0.2, 0.25) is 0 Å². The van der Waals surface area contributed by atoms with Crippen molar-refractivity contribution in [2.45, 2.75) is 44.2 Å². The van der Waals surface area contributed by atoms with Crippen molar-refractivity contribution in [3.8, 4) is 0 Å². The number of benzene rings is 1. The predicted molar refractivity (Wildman–Crippen MR) is 103 cm³/mol. The van der Waals surface area contributed by atoms with Crippen LogP contribution in [0, 0.1) is 0 Å². The van der Waals surface area contributed by atoms with Gasteiger partial charge in [-0.1, -0.05) is 18.2 Å². The van der Waals surface area contributed by atoms with E-state index in [1.54, 1.807) is 44.4 Å². The molecule has 9 heteroatoms. The molecule has 0 aliphatic heterocycles. The average molecular weight is 397 g/mol. The third-order valence-corrected chi connectivity index (χ3v) is 6.05. The van der Waals surface area contributed by atoms with Crippen molar-refractivity contribution < 1.29 is 13.2 Å². The molecule has 142 valence electrons. The van der Waals surface area contributed by atoms with Crippen LogP contribution < -0.4 is 15.8 Å². The molecule has 0 spiro atoms. The molecule has 0 saturated heterocycles. The van der Waals surface area contributed by atoms with E-state index in [9.17, 15) is 13.2 Å². The number of carbonyl (C=O) groups excluding carboxylic acids is 1. The number of nitrogens with two attached hydrogens (primary N) is 1. The molecule has 7 nitrogen and oxygen atoms in total. The van der Waals surface area contributed by atoms with E-state index in [1.165, 1.54) is 17.4 Å². The SMILES string of the molecule is CC(C)(C)NS(=O)(=O)c1ccccc1CNC(=O)c1csc(CCN)n1. The lowest BCUT2D eigenvalue weighted by molar-refractivity contribution is 0.0946. The molecule has 0 atom stereocenters. The lowest BCUT2D eigenvalue weighted by atomic mass is 10.1. The Kier molecular flexibility index (Phi) is 6.51. The van der Waals surface area contributed by atoms with Crippen LogP contribution in [0.3, 0.4) is 0 Å². The van der Waals surface area contributed by atoms with Crippen LogP contribution in [0.5, 0.6) is 0 Å². The molecule has 1 amide bonds. The van der Waals surface area contributed by atoms with E-state index >= 15 is 0 Å². The maximum absolute atomic E-state index is 12.6. The first-order valence-electron chi connectivity index (χ1n) is 8.17. The maximum Gasteiger partial charge on any atom is 0.271 e. The number of hydrogen-bond acceptors (Lipinski definition) is 6. The molecule has 0 radical (unpaired) electrons. The molecule has 0 fully saturated rings. The Labute approximate surface area is 158 Å². The number of nitrogens with one attached hydrogen (secondary N) is 2. The Morgan fingerprint density at radius 1 is 1.27 bits per heavy atom. The van der Waals surface area contributed by atoms with E-state index in [-0.39, 0.29) is 17.3 Å². The van der Waals surface area contributed by atoms with Gasteiger partial charge in [0.25, 0.3) is 5.91 Å². The first-order valence-corrected chi connectivity index (χ1v) is 10.5. The molecule has 1 aromatic heterocycles. The highest BCUT2D eigenvalue weighted by molar-refractivity contribution is 7.89. The normalized spacial score (nSPS) is 12.2. The summed E-state index contributed by atoms with van der Waals surface area (Å²) in [6.07, 6.45) is 0.623. The Balaban J connectivity index is 2.14. The van der Waals surface area contributed by atoms with Gasteiger partial charge in [0.1, 0.15) is 5.69 Å². The summed E-state index contributed by atoms with van der Waals surface area (Å²) in [5, 5.41) is 5.20. The largest absolute Gasteiger partial charge is 0.347 e. The van der Waals surface area contributed by atoms with Crippen molar-refractivity contribution in [1.82, 2.24) is 15.0 Å². The van der Waals surface area contributed by atoms with Crippen LogP contribution >= 0.6 is 11.3 Å². The number of nitrogens with zero attached hydrogens (tertiary/aromatic N) is 1. The summed E-state index contributed by atoms with van der Waals surface area (Å²) in [6, 6.07) is 6.60. The van der Waals surface area contributed by atoms with Gasteiger partial charge in [-0.3, -0.25) is 4.79 Å². The van der Waals surface area contributed by atoms with Crippen LogP contribution in [0.1, 0.15) is 41.8 Å². The second kappa shape index (κ2) is 8.26. The Morgan fingerprint density at radius 2 is 1.96 bits per heavy atom. The van der Waals surface area contributed by atoms with Crippen LogP contribution in [0.4, 0.5) is 0 Å². The third kappa shape index (κ3) is 5.60. The fourth-order valence-electron chi connectivity index (χ4n) is 2.29. The highest BCUT2D eigenvalue weighted by Crippen LogP contribution is 2.18. The number of hydrogen-bond donors (Lipinski definition) is 3. The highest BCUT2D eigenvalue weighted by Gasteiger charge is 2.24. The molecular formula is C17H24N4O3S2. The lowest BCUT2D eigenvalue weighted by Crippen LogP contribution is -2.41. The number of amides is 1. The predicted octanol–water partition coefficient (Wildman–Crippen LogP) is 1.65. The van der Waals surface area contributed by atoms with Gasteiger partial charge in [0.05, 0.1) is 9.90 Å². The highest BCUT2D eigenvalue weighted by atomic mass is 32.2. The molecule has 0 bridgehead atoms. The van der Waals surface area contributed by atoms with Crippen molar-refractivity contribution >= 4 is 27.3 Å². The summed E-state index contributed by atoms with van der Waals surface area (Å²) in [5.74, 6) is -0.347. The monoisotopic (exact) mass is 396 g/mol. The average Bonchev–Trinajstić information content (AvgIpc) is 3.00. The number of rotatable bonds is 7. The Morgan fingerprint density at radius 3 is 2.62 bits per heavy atom. The van der Waals surface area contributed by atoms with Gasteiger partial charge in [-0.05, 0) is 38.9 Å². The zero-order valence-corrected chi connectivity index (χ0v) is 16.7. The number of thiazole rings is 1. The molecule has 1 aromatic carbocycles. The maximum atomic E-state index is 12.6. The summed E-state index contributed by atoms with van der Waals surface area (Å²) in [7, 11) is -3.69. The van der Waals surface area contributed by atoms with E-state index in [1.807, 2.05) is 0 Å². The van der Waals surface area contributed by atoms with E-state index in [2.05, 4.69) is 15.0 Å². The molecule has 1 heterocycles. The molecule has 4 N–H and O–H groups in total. The summed E-state index contributed by atoms with van der Waals surface area (Å²) >= 11 is 1.38. The first kappa shape index (κ1) is 20.5. The zero-order chi connectivity index (χ0) is 19.4. The van der Waals surface area contributed by atoms with E-state index in [4.69, 9.17) is 5.73 Å². The first-order chi connectivity index (χ1) is 12.1. The van der Waals surface area contributed by atoms with Crippen LogP contribution in [0.15, 0.2) is 34.5 Å². The molecule has 0 aliphatic rings. The van der Waals surface area contributed by atoms with Crippen molar-refractivity contribution in [3.63, 3.8) is 0 Å². The molecule has 0 saturated carbocycles. The minimum atomic E-state index is -3.69. The van der Waals surface area contributed by atoms with Crippen molar-refractivity contribution in [3.05, 3.63) is 45.9 Å². The van der Waals surface area contributed by atoms with Gasteiger partial charge in [0.2, 0.25) is 10.0 Å². The van der Waals surface area contributed by atoms with Crippen LogP contribution in [-0.4, -0.2) is 31.4 Å². The van der Waals surface area contributed by atoms with E-state index in [0.29, 0.717) is 24.2 Å². The minimum Gasteiger partial charge on any atom is -0.347 e. The number of carbonyl (C=O) groups is 1. The fourth-order valence-corrected chi connectivity index (χ4v) is 4.74. The van der Waals surface area contributed by atoms with Gasteiger partial charge in [-0.15, -0.1) is 11.3 Å². The fraction of sp³-hybridized carbons (Fsp3) is 0.412. The van der Waals surface area contributed by atoms with Gasteiger partial charge >= 0.3 is 0 Å². The van der Waals surface area contributed by atoms with Gasteiger partial charge in [-0.25, -0.2) is 18.1 Å². The lowest BCUT2D eigenvalue weighted by Gasteiger charge is -2.21. The minimum absolute atomic E-state index is 0.0871. The van der Waals surface area contributed by atoms with Crippen LogP contribution in [-0.2, 0) is 23.0 Å². The topological polar surface area (TPSA) is 114 Å². The second-order valence-corrected chi connectivity index (χ2v) is 9.40.